The number of aryl methyl sites for hydroxylation is 1. The molecule has 0 unspecified atom stereocenters. The van der Waals surface area contributed by atoms with Gasteiger partial charge in [0.05, 0.1) is 25.4 Å². The Labute approximate surface area is 106 Å². The molecule has 1 fully saturated rings. The fourth-order valence-corrected chi connectivity index (χ4v) is 2.17. The first-order chi connectivity index (χ1) is 8.63. The van der Waals surface area contributed by atoms with Crippen LogP contribution in [0.1, 0.15) is 23.1 Å². The van der Waals surface area contributed by atoms with Gasteiger partial charge in [0.25, 0.3) is 5.91 Å². The summed E-state index contributed by atoms with van der Waals surface area (Å²) in [5.41, 5.74) is 1.22. The quantitative estimate of drug-likeness (QED) is 0.854. The van der Waals surface area contributed by atoms with Crippen LogP contribution in [-0.4, -0.2) is 52.8 Å². The highest BCUT2D eigenvalue weighted by Crippen LogP contribution is 2.15. The largest absolute Gasteiger partial charge is 0.388 e. The number of amides is 1. The molecule has 2 rings (SSSR count). The van der Waals surface area contributed by atoms with Gasteiger partial charge in [0.1, 0.15) is 5.69 Å². The van der Waals surface area contributed by atoms with Crippen molar-refractivity contribution < 1.29 is 14.6 Å². The van der Waals surface area contributed by atoms with Crippen molar-refractivity contribution in [1.29, 1.82) is 0 Å². The number of nitrogens with zero attached hydrogens (tertiary/aromatic N) is 2. The molecule has 0 spiro atoms. The molecule has 0 aromatic carbocycles. The molecule has 1 N–H and O–H groups in total. The van der Waals surface area contributed by atoms with Crippen molar-refractivity contribution in [2.75, 3.05) is 19.8 Å². The minimum Gasteiger partial charge on any atom is -0.388 e. The third-order valence-electron chi connectivity index (χ3n) is 3.13. The molecule has 1 aliphatic heterocycles. The van der Waals surface area contributed by atoms with Gasteiger partial charge in [0, 0.05) is 12.2 Å². The van der Waals surface area contributed by atoms with Gasteiger partial charge in [-0.25, -0.2) is 4.98 Å². The molecular formula is C13H18N2O3. The summed E-state index contributed by atoms with van der Waals surface area (Å²) < 4.78 is 5.20. The van der Waals surface area contributed by atoms with Gasteiger partial charge < -0.3 is 14.7 Å². The lowest BCUT2D eigenvalue weighted by atomic mass is 10.1. The summed E-state index contributed by atoms with van der Waals surface area (Å²) in [6, 6.07) is 5.08. The van der Waals surface area contributed by atoms with Crippen LogP contribution in [0, 0.1) is 6.92 Å². The summed E-state index contributed by atoms with van der Waals surface area (Å²) in [7, 11) is 0. The normalized spacial score (nSPS) is 23.1. The molecule has 0 saturated carbocycles. The number of aliphatic hydroxyl groups excluding tert-OH is 1. The summed E-state index contributed by atoms with van der Waals surface area (Å²) in [4.78, 5) is 18.2. The van der Waals surface area contributed by atoms with Crippen LogP contribution in [0.15, 0.2) is 18.2 Å². The predicted molar refractivity (Wildman–Crippen MR) is 66.3 cm³/mol. The third kappa shape index (κ3) is 2.52. The highest BCUT2D eigenvalue weighted by molar-refractivity contribution is 5.92. The van der Waals surface area contributed by atoms with Gasteiger partial charge in [-0.3, -0.25) is 4.79 Å². The maximum absolute atomic E-state index is 12.4. The Balaban J connectivity index is 2.20. The molecule has 5 nitrogen and oxygen atoms in total. The number of likely N-dealkylation sites (N-methyl/N-ethyl adjacent to an activating group) is 1. The lowest BCUT2D eigenvalue weighted by Crippen LogP contribution is -2.46. The van der Waals surface area contributed by atoms with Crippen molar-refractivity contribution >= 4 is 5.91 Å². The van der Waals surface area contributed by atoms with Crippen molar-refractivity contribution in [1.82, 2.24) is 9.88 Å². The molecule has 1 aromatic rings. The van der Waals surface area contributed by atoms with Gasteiger partial charge >= 0.3 is 0 Å². The molecule has 1 aromatic heterocycles. The maximum Gasteiger partial charge on any atom is 0.272 e. The Morgan fingerprint density at radius 3 is 2.89 bits per heavy atom. The van der Waals surface area contributed by atoms with E-state index >= 15 is 0 Å². The lowest BCUT2D eigenvalue weighted by Gasteiger charge is -2.28. The van der Waals surface area contributed by atoms with Crippen LogP contribution >= 0.6 is 0 Å². The summed E-state index contributed by atoms with van der Waals surface area (Å²) in [6.07, 6.45) is -0.612. The number of carbonyl (C=O) groups excluding carboxylic acids is 1. The van der Waals surface area contributed by atoms with Crippen molar-refractivity contribution in [3.05, 3.63) is 29.6 Å². The molecule has 1 aliphatic rings. The molecule has 0 aliphatic carbocycles. The van der Waals surface area contributed by atoms with Gasteiger partial charge in [-0.1, -0.05) is 6.07 Å². The zero-order chi connectivity index (χ0) is 13.1. The van der Waals surface area contributed by atoms with Crippen LogP contribution in [0.3, 0.4) is 0 Å². The molecule has 0 bridgehead atoms. The molecular weight excluding hydrogens is 232 g/mol. The zero-order valence-electron chi connectivity index (χ0n) is 10.7. The van der Waals surface area contributed by atoms with Crippen LogP contribution in [0.4, 0.5) is 0 Å². The Morgan fingerprint density at radius 1 is 1.56 bits per heavy atom. The average Bonchev–Trinajstić information content (AvgIpc) is 2.77. The second-order valence-corrected chi connectivity index (χ2v) is 4.43. The van der Waals surface area contributed by atoms with Crippen molar-refractivity contribution in [2.24, 2.45) is 0 Å². The van der Waals surface area contributed by atoms with E-state index in [1.807, 2.05) is 26.0 Å². The molecule has 0 radical (unpaired) electrons. The molecule has 2 heterocycles. The summed E-state index contributed by atoms with van der Waals surface area (Å²) in [5.74, 6) is -0.157. The van der Waals surface area contributed by atoms with Crippen LogP contribution in [0.2, 0.25) is 0 Å². The van der Waals surface area contributed by atoms with E-state index in [2.05, 4.69) is 4.98 Å². The van der Waals surface area contributed by atoms with Gasteiger partial charge in [0.15, 0.2) is 0 Å². The minimum absolute atomic E-state index is 0.157. The van der Waals surface area contributed by atoms with E-state index in [0.29, 0.717) is 18.8 Å². The summed E-state index contributed by atoms with van der Waals surface area (Å²) in [6.45, 7) is 4.93. The van der Waals surface area contributed by atoms with Crippen LogP contribution in [0.5, 0.6) is 0 Å². The lowest BCUT2D eigenvalue weighted by molar-refractivity contribution is 0.0515. The first kappa shape index (κ1) is 13.0. The van der Waals surface area contributed by atoms with E-state index < -0.39 is 6.10 Å². The number of ether oxygens (including phenoxy) is 1. The number of hydrogen-bond acceptors (Lipinski definition) is 4. The minimum atomic E-state index is -0.612. The van der Waals surface area contributed by atoms with Gasteiger partial charge in [-0.05, 0) is 26.0 Å². The standard InChI is InChI=1S/C13H18N2O3/c1-3-15(11-7-18-8-12(11)16)13(17)10-6-4-5-9(2)14-10/h4-6,11-12,16H,3,7-8H2,1-2H3/t11-,12-/m1/s1. The fourth-order valence-electron chi connectivity index (χ4n) is 2.17. The number of aromatic nitrogens is 1. The summed E-state index contributed by atoms with van der Waals surface area (Å²) >= 11 is 0. The van der Waals surface area contributed by atoms with Crippen LogP contribution < -0.4 is 0 Å². The van der Waals surface area contributed by atoms with Crippen molar-refractivity contribution in [2.45, 2.75) is 26.0 Å². The van der Waals surface area contributed by atoms with Gasteiger partial charge in [-0.15, -0.1) is 0 Å². The van der Waals surface area contributed by atoms with Gasteiger partial charge in [-0.2, -0.15) is 0 Å². The van der Waals surface area contributed by atoms with Crippen molar-refractivity contribution in [3.8, 4) is 0 Å². The van der Waals surface area contributed by atoms with E-state index in [-0.39, 0.29) is 18.6 Å². The topological polar surface area (TPSA) is 62.7 Å². The molecule has 1 saturated heterocycles. The van der Waals surface area contributed by atoms with E-state index in [4.69, 9.17) is 4.74 Å². The Kier molecular flexibility index (Phi) is 3.93. The molecule has 2 atom stereocenters. The Hall–Kier alpha value is -1.46. The highest BCUT2D eigenvalue weighted by Gasteiger charge is 2.34. The first-order valence-corrected chi connectivity index (χ1v) is 6.14. The number of rotatable bonds is 3. The SMILES string of the molecule is CCN(C(=O)c1cccc(C)n1)[C@@H]1COC[C@H]1O. The zero-order valence-corrected chi connectivity index (χ0v) is 10.7. The van der Waals surface area contributed by atoms with Gasteiger partial charge in [0.2, 0.25) is 0 Å². The van der Waals surface area contributed by atoms with Crippen LogP contribution in [-0.2, 0) is 4.74 Å². The van der Waals surface area contributed by atoms with E-state index in [1.54, 1.807) is 11.0 Å². The molecule has 18 heavy (non-hydrogen) atoms. The van der Waals surface area contributed by atoms with Crippen LogP contribution in [0.25, 0.3) is 0 Å². The second-order valence-electron chi connectivity index (χ2n) is 4.43. The number of carbonyl (C=O) groups is 1. The predicted octanol–water partition coefficient (Wildman–Crippen LogP) is 0.612. The van der Waals surface area contributed by atoms with E-state index in [1.165, 1.54) is 0 Å². The maximum atomic E-state index is 12.4. The monoisotopic (exact) mass is 250 g/mol. The Morgan fingerprint density at radius 2 is 2.33 bits per heavy atom. The van der Waals surface area contributed by atoms with E-state index in [9.17, 15) is 9.90 Å². The smallest absolute Gasteiger partial charge is 0.272 e. The first-order valence-electron chi connectivity index (χ1n) is 6.14. The molecule has 1 amide bonds. The average molecular weight is 250 g/mol. The van der Waals surface area contributed by atoms with E-state index in [0.717, 1.165) is 5.69 Å². The number of hydrogen-bond donors (Lipinski definition) is 1. The number of pyridine rings is 1. The second kappa shape index (κ2) is 5.46. The Bertz CT molecular complexity index is 436. The molecule has 98 valence electrons. The summed E-state index contributed by atoms with van der Waals surface area (Å²) in [5, 5.41) is 9.80. The fraction of sp³-hybridized carbons (Fsp3) is 0.538. The number of aliphatic hydroxyl groups is 1. The van der Waals surface area contributed by atoms with Crippen molar-refractivity contribution in [3.63, 3.8) is 0 Å². The third-order valence-corrected chi connectivity index (χ3v) is 3.13. The molecule has 5 heteroatoms. The highest BCUT2D eigenvalue weighted by atomic mass is 16.5.